The van der Waals surface area contributed by atoms with Crippen molar-refractivity contribution in [3.63, 3.8) is 0 Å². The molecule has 0 aromatic carbocycles. The van der Waals surface area contributed by atoms with Crippen molar-refractivity contribution >= 4 is 11.9 Å². The number of ether oxygens (including phenoxy) is 13. The molecule has 17 N–H and O–H groups in total. The van der Waals surface area contributed by atoms with Crippen molar-refractivity contribution < 1.29 is 153 Å². The van der Waals surface area contributed by atoms with Crippen molar-refractivity contribution in [2.45, 2.75) is 261 Å². The molecule has 0 spiro atoms. The molecule has 4 saturated carbocycles. The number of aliphatic hydroxyl groups is 18. The highest BCUT2D eigenvalue weighted by Crippen LogP contribution is 2.45. The molecule has 9 aliphatic rings. The monoisotopic (exact) mass is 1290 g/mol. The second-order valence-corrected chi connectivity index (χ2v) is 25.3. The number of carbonyl (C=O) groups is 2. The Hall–Kier alpha value is -2.66. The van der Waals surface area contributed by atoms with E-state index in [1.807, 2.05) is 0 Å². The molecule has 0 bridgehead atoms. The molecule has 31 heteroatoms. The van der Waals surface area contributed by atoms with Crippen molar-refractivity contribution in [1.82, 2.24) is 0 Å². The summed E-state index contributed by atoms with van der Waals surface area (Å²) in [6.45, 7) is -3.02. The lowest BCUT2D eigenvalue weighted by Crippen LogP contribution is -2.66. The van der Waals surface area contributed by atoms with E-state index in [0.717, 1.165) is 6.08 Å². The number of fused-ring (bicyclic) bond motifs is 1. The van der Waals surface area contributed by atoms with E-state index in [-0.39, 0.29) is 50.9 Å². The van der Waals surface area contributed by atoms with Gasteiger partial charge in [-0.2, -0.15) is 0 Å². The van der Waals surface area contributed by atoms with Gasteiger partial charge in [0, 0.05) is 45.1 Å². The minimum atomic E-state index is -2.09. The molecule has 4 aliphatic carbocycles. The van der Waals surface area contributed by atoms with Gasteiger partial charge < -0.3 is 143 Å². The summed E-state index contributed by atoms with van der Waals surface area (Å²) in [7, 11) is 2.81. The fourth-order valence-electron chi connectivity index (χ4n) is 14.1. The zero-order valence-corrected chi connectivity index (χ0v) is 49.6. The lowest BCUT2D eigenvalue weighted by Gasteiger charge is -2.51. The highest BCUT2D eigenvalue weighted by molar-refractivity contribution is 5.82. The lowest BCUT2D eigenvalue weighted by atomic mass is 9.72. The molecule has 89 heavy (non-hydrogen) atoms. The van der Waals surface area contributed by atoms with Crippen LogP contribution >= 0.6 is 0 Å². The van der Waals surface area contributed by atoms with Crippen LogP contribution in [-0.2, 0) is 66.4 Å². The molecule has 5 saturated heterocycles. The highest BCUT2D eigenvalue weighted by atomic mass is 16.8. The number of esters is 2. The Labute approximate surface area is 513 Å². The predicted molar refractivity (Wildman–Crippen MR) is 293 cm³/mol. The van der Waals surface area contributed by atoms with Crippen molar-refractivity contribution in [1.29, 1.82) is 0 Å². The average Bonchev–Trinajstić information content (AvgIpc) is 1.41. The van der Waals surface area contributed by atoms with E-state index in [4.69, 9.17) is 61.6 Å². The summed E-state index contributed by atoms with van der Waals surface area (Å²) < 4.78 is 77.4. The van der Waals surface area contributed by atoms with Gasteiger partial charge >= 0.3 is 11.9 Å². The number of carbonyl (C=O) groups excluding carboxylic acids is 2. The number of aliphatic hydroxyl groups excluding tert-OH is 16. The Morgan fingerprint density at radius 3 is 1.66 bits per heavy atom. The normalized spacial score (nSPS) is 49.3. The van der Waals surface area contributed by atoms with Gasteiger partial charge in [0.2, 0.25) is 0 Å². The topological polar surface area (TPSA) is 481 Å². The fourth-order valence-corrected chi connectivity index (χ4v) is 14.1. The highest BCUT2D eigenvalue weighted by Gasteiger charge is 2.59. The van der Waals surface area contributed by atoms with Gasteiger partial charge in [-0.3, -0.25) is 0 Å². The summed E-state index contributed by atoms with van der Waals surface area (Å²) in [4.78, 5) is 27.4. The number of methoxy groups -OCH3 is 2. The molecule has 0 aromatic rings. The van der Waals surface area contributed by atoms with E-state index in [2.05, 4.69) is 0 Å². The van der Waals surface area contributed by atoms with E-state index < -0.39 is 240 Å². The largest absolute Gasteiger partial charge is 0.460 e. The van der Waals surface area contributed by atoms with Crippen LogP contribution in [0.5, 0.6) is 0 Å². The molecule has 0 radical (unpaired) electrons. The Balaban J connectivity index is 1.04. The molecule has 5 aliphatic heterocycles. The van der Waals surface area contributed by atoms with Crippen molar-refractivity contribution in [2.75, 3.05) is 40.6 Å². The van der Waals surface area contributed by atoms with Gasteiger partial charge in [-0.05, 0) is 76.0 Å². The lowest BCUT2D eigenvalue weighted by molar-refractivity contribution is -0.391. The van der Waals surface area contributed by atoms with Crippen LogP contribution in [0.4, 0.5) is 0 Å². The third-order valence-corrected chi connectivity index (χ3v) is 19.3. The summed E-state index contributed by atoms with van der Waals surface area (Å²) >= 11 is 0. The molecule has 9 fully saturated rings. The summed E-state index contributed by atoms with van der Waals surface area (Å²) in [6, 6.07) is 0. The number of allylic oxidation sites excluding steroid dienone is 2. The summed E-state index contributed by atoms with van der Waals surface area (Å²) in [5, 5.41) is 175. The minimum absolute atomic E-state index is 0.0124. The number of rotatable bonds is 20. The van der Waals surface area contributed by atoms with Crippen LogP contribution in [0.2, 0.25) is 0 Å². The van der Waals surface area contributed by atoms with Gasteiger partial charge in [0.25, 0.3) is 0 Å². The van der Waals surface area contributed by atoms with Crippen molar-refractivity contribution in [2.24, 2.45) is 23.7 Å². The SMILES string of the molecule is COC1CC(C=CC(=O)OC2C(OC3C(OC4CC5C(OC6OC(CO)C(O)C(O)C6O)CC(O)CC5[OH+]C4C4CCC(O)C(O)C4)OC(COC(=O)C=CC4CCC(O)CC4)C(O)C3O)OCC(O)C2OC2OC(CO)C(O)C(O)C2O)CC(OC)C1O. The van der Waals surface area contributed by atoms with E-state index in [9.17, 15) is 91.3 Å². The standard InChI is InChI=1S/C58H92O31/c1-77-34-13-24(14-35(78-2)42(34)68)6-12-41(67)87-54-52(88-56-50(76)47(73)44(70)38(20-60)85-56)31(65)21-80-57(54)89-53-48(74)45(71)39(22-79-40(66)11-5-23-3-8-26(61)9-4-23)86-58(53)83-36-18-28-32(81-51(36)25-7-10-29(63)30(64)15-25)16-27(62)17-33(28)82-55-49(75)46(72)43(69)37(19-59)84-55/h5-6,11-12,23-39,42-65,68-76H,3-4,7-10,13-22H2,1-2H3/p+1. The van der Waals surface area contributed by atoms with Crippen molar-refractivity contribution in [3.8, 4) is 0 Å². The van der Waals surface area contributed by atoms with Gasteiger partial charge in [0.1, 0.15) is 104 Å². The maximum atomic E-state index is 14.1. The zero-order valence-electron chi connectivity index (χ0n) is 49.6. The van der Waals surface area contributed by atoms with Gasteiger partial charge in [0.05, 0.1) is 68.5 Å². The molecule has 30 atom stereocenters. The molecular formula is C58H93O31+. The maximum absolute atomic E-state index is 14.1. The third kappa shape index (κ3) is 16.7. The predicted octanol–water partition coefficient (Wildman–Crippen LogP) is -6.83. The van der Waals surface area contributed by atoms with Crippen LogP contribution < -0.4 is 0 Å². The summed E-state index contributed by atoms with van der Waals surface area (Å²) in [5.74, 6) is -3.65. The maximum Gasteiger partial charge on any atom is 0.330 e. The summed E-state index contributed by atoms with van der Waals surface area (Å²) in [6.07, 6.45) is -35.9. The van der Waals surface area contributed by atoms with E-state index in [1.54, 1.807) is 6.08 Å². The zero-order chi connectivity index (χ0) is 64.1. The first-order valence-electron chi connectivity index (χ1n) is 30.9. The quantitative estimate of drug-likeness (QED) is 0.0306. The van der Waals surface area contributed by atoms with E-state index >= 15 is 0 Å². The third-order valence-electron chi connectivity index (χ3n) is 19.3. The van der Waals surface area contributed by atoms with Crippen LogP contribution in [0.1, 0.15) is 77.0 Å². The summed E-state index contributed by atoms with van der Waals surface area (Å²) in [5.41, 5.74) is 0. The molecule has 510 valence electrons. The van der Waals surface area contributed by atoms with Crippen LogP contribution in [0, 0.1) is 23.7 Å². The minimum Gasteiger partial charge on any atom is -0.460 e. The van der Waals surface area contributed by atoms with Crippen LogP contribution in [0.25, 0.3) is 0 Å². The van der Waals surface area contributed by atoms with Gasteiger partial charge in [-0.15, -0.1) is 0 Å². The first-order chi connectivity index (χ1) is 42.5. The second-order valence-electron chi connectivity index (χ2n) is 25.3. The molecule has 30 unspecified atom stereocenters. The number of hydrogen-bond acceptors (Lipinski definition) is 30. The molecule has 31 nitrogen and oxygen atoms in total. The molecule has 9 rings (SSSR count). The fraction of sp³-hybridized carbons (Fsp3) is 0.897. The van der Waals surface area contributed by atoms with Crippen LogP contribution in [0.15, 0.2) is 24.3 Å². The van der Waals surface area contributed by atoms with Crippen LogP contribution in [0.3, 0.4) is 0 Å². The van der Waals surface area contributed by atoms with Gasteiger partial charge in [-0.25, -0.2) is 9.59 Å². The number of hydrogen-bond donors (Lipinski definition) is 16. The van der Waals surface area contributed by atoms with E-state index in [0.29, 0.717) is 32.1 Å². The Kier molecular flexibility index (Phi) is 25.2. The first kappa shape index (κ1) is 70.7. The second kappa shape index (κ2) is 31.7. The van der Waals surface area contributed by atoms with E-state index in [1.165, 1.54) is 26.4 Å². The first-order valence-corrected chi connectivity index (χ1v) is 30.9. The van der Waals surface area contributed by atoms with Gasteiger partial charge in [-0.1, -0.05) is 12.2 Å². The smallest absolute Gasteiger partial charge is 0.330 e. The van der Waals surface area contributed by atoms with Gasteiger partial charge in [0.15, 0.2) is 43.5 Å². The Morgan fingerprint density at radius 1 is 0.472 bits per heavy atom. The molecule has 0 aromatic heterocycles. The van der Waals surface area contributed by atoms with Crippen molar-refractivity contribution in [3.05, 3.63) is 24.3 Å². The Morgan fingerprint density at radius 2 is 1.04 bits per heavy atom. The molecule has 0 amide bonds. The van der Waals surface area contributed by atoms with Crippen LogP contribution in [-0.4, -0.2) is 323 Å². The molecular weight excluding hydrogens is 1190 g/mol. The molecule has 5 heterocycles. The Bertz CT molecular complexity index is 2260. The average molecular weight is 1290 g/mol.